The van der Waals surface area contributed by atoms with E-state index in [-0.39, 0.29) is 11.3 Å². The van der Waals surface area contributed by atoms with Crippen molar-refractivity contribution in [2.45, 2.75) is 31.2 Å². The number of rotatable bonds is 4. The quantitative estimate of drug-likeness (QED) is 0.789. The fraction of sp³-hybridized carbons (Fsp3) is 0.391. The Morgan fingerprint density at radius 1 is 1.00 bits per heavy atom. The average Bonchev–Trinajstić information content (AvgIpc) is 2.69. The van der Waals surface area contributed by atoms with Gasteiger partial charge in [-0.25, -0.2) is 0 Å². The van der Waals surface area contributed by atoms with Crippen LogP contribution in [0, 0.1) is 11.3 Å². The molecule has 144 valence electrons. The first kappa shape index (κ1) is 19.0. The fourth-order valence-corrected chi connectivity index (χ4v) is 4.41. The van der Waals surface area contributed by atoms with Crippen LogP contribution in [0.1, 0.15) is 36.0 Å². The molecule has 4 rings (SSSR count). The summed E-state index contributed by atoms with van der Waals surface area (Å²) in [6.45, 7) is 4.15. The Morgan fingerprint density at radius 3 is 2.18 bits per heavy atom. The fourth-order valence-electron chi connectivity index (χ4n) is 4.28. The first-order chi connectivity index (χ1) is 13.6. The molecule has 0 spiro atoms. The molecule has 0 atom stereocenters. The van der Waals surface area contributed by atoms with Crippen LogP contribution in [0.15, 0.2) is 48.5 Å². The molecule has 5 heteroatoms. The number of hydrogen-bond donors (Lipinski definition) is 0. The van der Waals surface area contributed by atoms with Gasteiger partial charge in [-0.15, -0.1) is 0 Å². The Kier molecular flexibility index (Phi) is 5.39. The van der Waals surface area contributed by atoms with Crippen molar-refractivity contribution in [3.05, 3.63) is 70.2 Å². The third-order valence-electron chi connectivity index (χ3n) is 6.16. The van der Waals surface area contributed by atoms with E-state index in [9.17, 15) is 4.79 Å². The van der Waals surface area contributed by atoms with Crippen LogP contribution in [-0.4, -0.2) is 41.9 Å². The Morgan fingerprint density at radius 2 is 1.64 bits per heavy atom. The Labute approximate surface area is 171 Å². The van der Waals surface area contributed by atoms with Crippen LogP contribution in [0.3, 0.4) is 0 Å². The normalized spacial score (nSPS) is 18.9. The highest BCUT2D eigenvalue weighted by Gasteiger charge is 2.47. The molecule has 1 amide bonds. The van der Waals surface area contributed by atoms with Crippen molar-refractivity contribution >= 4 is 17.5 Å². The lowest BCUT2D eigenvalue weighted by molar-refractivity contribution is -0.142. The number of nitriles is 1. The van der Waals surface area contributed by atoms with Crippen molar-refractivity contribution in [2.24, 2.45) is 0 Å². The van der Waals surface area contributed by atoms with Gasteiger partial charge in [0.15, 0.2) is 0 Å². The average molecular weight is 394 g/mol. The Bertz CT molecular complexity index is 874. The van der Waals surface area contributed by atoms with Gasteiger partial charge in [0.25, 0.3) is 0 Å². The summed E-state index contributed by atoms with van der Waals surface area (Å²) in [7, 11) is 0. The SMILES string of the molecule is N#Cc1ccc(CN2CCN(C(=O)C3(c4ccc(Cl)cc4)CCC3)CC2)cc1. The lowest BCUT2D eigenvalue weighted by Crippen LogP contribution is -2.56. The van der Waals surface area contributed by atoms with Gasteiger partial charge in [0.1, 0.15) is 0 Å². The summed E-state index contributed by atoms with van der Waals surface area (Å²) in [5.74, 6) is 0.277. The van der Waals surface area contributed by atoms with Gasteiger partial charge < -0.3 is 4.90 Å². The minimum Gasteiger partial charge on any atom is -0.339 e. The molecule has 0 N–H and O–H groups in total. The lowest BCUT2D eigenvalue weighted by Gasteiger charge is -2.46. The van der Waals surface area contributed by atoms with Gasteiger partial charge in [-0.05, 0) is 48.2 Å². The molecule has 2 aromatic carbocycles. The molecule has 1 saturated heterocycles. The highest BCUT2D eigenvalue weighted by atomic mass is 35.5. The van der Waals surface area contributed by atoms with E-state index in [4.69, 9.17) is 16.9 Å². The molecule has 2 aromatic rings. The molecule has 1 saturated carbocycles. The van der Waals surface area contributed by atoms with E-state index in [0.29, 0.717) is 10.6 Å². The summed E-state index contributed by atoms with van der Waals surface area (Å²) >= 11 is 6.03. The molecule has 2 fully saturated rings. The molecule has 1 aliphatic heterocycles. The zero-order valence-electron chi connectivity index (χ0n) is 15.9. The predicted octanol–water partition coefficient (Wildman–Crippen LogP) is 3.98. The Balaban J connectivity index is 1.38. The standard InChI is InChI=1S/C23H24ClN3O/c24-21-8-6-20(7-9-21)23(10-1-11-23)22(28)27-14-12-26(13-15-27)17-19-4-2-18(16-25)3-5-19/h2-9H,1,10-15,17H2. The molecule has 0 aromatic heterocycles. The third kappa shape index (κ3) is 3.65. The summed E-state index contributed by atoms with van der Waals surface area (Å²) in [4.78, 5) is 17.8. The molecule has 4 nitrogen and oxygen atoms in total. The van der Waals surface area contributed by atoms with Crippen LogP contribution < -0.4 is 0 Å². The van der Waals surface area contributed by atoms with Gasteiger partial charge in [-0.3, -0.25) is 9.69 Å². The van der Waals surface area contributed by atoms with Crippen LogP contribution in [0.2, 0.25) is 5.02 Å². The van der Waals surface area contributed by atoms with Gasteiger partial charge in [-0.2, -0.15) is 5.26 Å². The van der Waals surface area contributed by atoms with Crippen LogP contribution in [0.5, 0.6) is 0 Å². The van der Waals surface area contributed by atoms with E-state index in [2.05, 4.69) is 11.0 Å². The van der Waals surface area contributed by atoms with Crippen LogP contribution in [0.4, 0.5) is 0 Å². The predicted molar refractivity (Wildman–Crippen MR) is 110 cm³/mol. The molecule has 0 bridgehead atoms. The van der Waals surface area contributed by atoms with Gasteiger partial charge in [-0.1, -0.05) is 42.3 Å². The minimum absolute atomic E-state index is 0.277. The van der Waals surface area contributed by atoms with E-state index >= 15 is 0 Å². The maximum absolute atomic E-state index is 13.4. The molecule has 2 aliphatic rings. The zero-order valence-corrected chi connectivity index (χ0v) is 16.7. The molecule has 1 heterocycles. The molecular formula is C23H24ClN3O. The topological polar surface area (TPSA) is 47.3 Å². The van der Waals surface area contributed by atoms with Crippen molar-refractivity contribution in [2.75, 3.05) is 26.2 Å². The smallest absolute Gasteiger partial charge is 0.233 e. The molecule has 1 aliphatic carbocycles. The number of amides is 1. The maximum Gasteiger partial charge on any atom is 0.233 e. The molecule has 0 unspecified atom stereocenters. The Hall–Kier alpha value is -2.35. The first-order valence-electron chi connectivity index (χ1n) is 9.87. The first-order valence-corrected chi connectivity index (χ1v) is 10.3. The number of hydrogen-bond acceptors (Lipinski definition) is 3. The third-order valence-corrected chi connectivity index (χ3v) is 6.41. The monoisotopic (exact) mass is 393 g/mol. The molecule has 0 radical (unpaired) electrons. The van der Waals surface area contributed by atoms with Crippen LogP contribution in [0.25, 0.3) is 0 Å². The van der Waals surface area contributed by atoms with Crippen molar-refractivity contribution in [1.29, 1.82) is 5.26 Å². The number of carbonyl (C=O) groups excluding carboxylic acids is 1. The second kappa shape index (κ2) is 7.95. The summed E-state index contributed by atoms with van der Waals surface area (Å²) in [5, 5.41) is 9.62. The van der Waals surface area contributed by atoms with Gasteiger partial charge in [0, 0.05) is 37.7 Å². The van der Waals surface area contributed by atoms with E-state index in [1.807, 2.05) is 53.4 Å². The minimum atomic E-state index is -0.347. The van der Waals surface area contributed by atoms with E-state index in [1.54, 1.807) is 0 Å². The number of carbonyl (C=O) groups is 1. The van der Waals surface area contributed by atoms with Crippen molar-refractivity contribution < 1.29 is 4.79 Å². The number of halogens is 1. The van der Waals surface area contributed by atoms with Crippen LogP contribution >= 0.6 is 11.6 Å². The number of benzene rings is 2. The second-order valence-corrected chi connectivity index (χ2v) is 8.26. The van der Waals surface area contributed by atoms with Gasteiger partial charge in [0.2, 0.25) is 5.91 Å². The largest absolute Gasteiger partial charge is 0.339 e. The highest BCUT2D eigenvalue weighted by Crippen LogP contribution is 2.45. The van der Waals surface area contributed by atoms with Crippen molar-refractivity contribution in [3.8, 4) is 6.07 Å². The van der Waals surface area contributed by atoms with Crippen molar-refractivity contribution in [3.63, 3.8) is 0 Å². The van der Waals surface area contributed by atoms with Gasteiger partial charge in [0.05, 0.1) is 17.0 Å². The van der Waals surface area contributed by atoms with E-state index in [1.165, 1.54) is 5.56 Å². The van der Waals surface area contributed by atoms with E-state index < -0.39 is 0 Å². The highest BCUT2D eigenvalue weighted by molar-refractivity contribution is 6.30. The van der Waals surface area contributed by atoms with Crippen molar-refractivity contribution in [1.82, 2.24) is 9.80 Å². The number of piperazine rings is 1. The molecule has 28 heavy (non-hydrogen) atoms. The maximum atomic E-state index is 13.4. The summed E-state index contributed by atoms with van der Waals surface area (Å²) in [6.07, 6.45) is 2.96. The summed E-state index contributed by atoms with van der Waals surface area (Å²) in [5.41, 5.74) is 2.65. The van der Waals surface area contributed by atoms with Gasteiger partial charge >= 0.3 is 0 Å². The van der Waals surface area contributed by atoms with E-state index in [0.717, 1.165) is 57.5 Å². The van der Waals surface area contributed by atoms with Crippen LogP contribution in [-0.2, 0) is 16.8 Å². The summed E-state index contributed by atoms with van der Waals surface area (Å²) < 4.78 is 0. The zero-order chi connectivity index (χ0) is 19.6. The lowest BCUT2D eigenvalue weighted by atomic mass is 9.63. The molecular weight excluding hydrogens is 370 g/mol. The summed E-state index contributed by atoms with van der Waals surface area (Å²) in [6, 6.07) is 17.7. The second-order valence-electron chi connectivity index (χ2n) is 7.82. The number of nitrogens with zero attached hydrogens (tertiary/aromatic N) is 3.